The van der Waals surface area contributed by atoms with Gasteiger partial charge in [0.05, 0.1) is 6.54 Å². The fraction of sp³-hybridized carbons (Fsp3) is 0.867. The van der Waals surface area contributed by atoms with Crippen molar-refractivity contribution in [3.05, 3.63) is 0 Å². The molecule has 0 bridgehead atoms. The first-order valence-corrected chi connectivity index (χ1v) is 7.86. The van der Waals surface area contributed by atoms with Gasteiger partial charge in [-0.25, -0.2) is 0 Å². The minimum atomic E-state index is -0.818. The van der Waals surface area contributed by atoms with Crippen LogP contribution in [-0.2, 0) is 9.59 Å². The topological polar surface area (TPSA) is 69.6 Å². The third-order valence-corrected chi connectivity index (χ3v) is 4.74. The fourth-order valence-corrected chi connectivity index (χ4v) is 3.73. The molecule has 0 aromatic rings. The molecule has 1 aliphatic heterocycles. The monoisotopic (exact) mass is 282 g/mol. The number of carbonyl (C=O) groups excluding carboxylic acids is 1. The molecular formula is C15H26N2O3. The second-order valence-corrected chi connectivity index (χ2v) is 6.16. The van der Waals surface area contributed by atoms with Gasteiger partial charge in [-0.05, 0) is 38.6 Å². The van der Waals surface area contributed by atoms with E-state index in [1.165, 1.54) is 12.8 Å². The van der Waals surface area contributed by atoms with Crippen molar-refractivity contribution in [2.75, 3.05) is 13.1 Å². The van der Waals surface area contributed by atoms with Crippen molar-refractivity contribution in [1.82, 2.24) is 10.2 Å². The number of carboxylic acids is 1. The van der Waals surface area contributed by atoms with Gasteiger partial charge < -0.3 is 10.4 Å². The van der Waals surface area contributed by atoms with Crippen LogP contribution in [0.2, 0.25) is 0 Å². The molecule has 2 fully saturated rings. The van der Waals surface area contributed by atoms with Gasteiger partial charge in [0.15, 0.2) is 0 Å². The summed E-state index contributed by atoms with van der Waals surface area (Å²) in [6.07, 6.45) is 7.46. The van der Waals surface area contributed by atoms with Crippen LogP contribution in [0.4, 0.5) is 0 Å². The van der Waals surface area contributed by atoms with Crippen LogP contribution in [0, 0.1) is 0 Å². The van der Waals surface area contributed by atoms with E-state index in [4.69, 9.17) is 0 Å². The van der Waals surface area contributed by atoms with Crippen LogP contribution in [0.1, 0.15) is 58.3 Å². The molecule has 1 amide bonds. The van der Waals surface area contributed by atoms with E-state index in [0.29, 0.717) is 25.4 Å². The highest BCUT2D eigenvalue weighted by Gasteiger charge is 2.47. The summed E-state index contributed by atoms with van der Waals surface area (Å²) in [6, 6.07) is 0.301. The summed E-state index contributed by atoms with van der Waals surface area (Å²) in [4.78, 5) is 25.7. The summed E-state index contributed by atoms with van der Waals surface area (Å²) < 4.78 is 0. The Bertz CT molecular complexity index is 366. The SMILES string of the molecule is CCCC1(C(=O)O)CCCN1CC(=O)NC1CCCC1. The maximum Gasteiger partial charge on any atom is 0.324 e. The van der Waals surface area contributed by atoms with Crippen LogP contribution in [0.25, 0.3) is 0 Å². The highest BCUT2D eigenvalue weighted by Crippen LogP contribution is 2.33. The number of aliphatic carboxylic acids is 1. The first-order chi connectivity index (χ1) is 9.58. The van der Waals surface area contributed by atoms with Gasteiger partial charge in [0.2, 0.25) is 5.91 Å². The van der Waals surface area contributed by atoms with Crippen LogP contribution in [0.3, 0.4) is 0 Å². The number of carboxylic acid groups (broad SMARTS) is 1. The van der Waals surface area contributed by atoms with Crippen molar-refractivity contribution in [2.24, 2.45) is 0 Å². The lowest BCUT2D eigenvalue weighted by atomic mass is 9.90. The Morgan fingerprint density at radius 1 is 1.30 bits per heavy atom. The van der Waals surface area contributed by atoms with E-state index in [9.17, 15) is 14.7 Å². The van der Waals surface area contributed by atoms with E-state index in [-0.39, 0.29) is 12.5 Å². The maximum absolute atomic E-state index is 12.1. The molecule has 2 N–H and O–H groups in total. The van der Waals surface area contributed by atoms with Crippen molar-refractivity contribution in [3.63, 3.8) is 0 Å². The molecule has 0 radical (unpaired) electrons. The zero-order chi connectivity index (χ0) is 14.6. The van der Waals surface area contributed by atoms with E-state index in [0.717, 1.165) is 25.7 Å². The molecule has 1 atom stereocenters. The van der Waals surface area contributed by atoms with Gasteiger partial charge in [-0.3, -0.25) is 14.5 Å². The van der Waals surface area contributed by atoms with Crippen LogP contribution >= 0.6 is 0 Å². The van der Waals surface area contributed by atoms with Gasteiger partial charge in [-0.1, -0.05) is 26.2 Å². The summed E-state index contributed by atoms with van der Waals surface area (Å²) in [5.74, 6) is -0.786. The van der Waals surface area contributed by atoms with Crippen LogP contribution < -0.4 is 5.32 Å². The normalized spacial score (nSPS) is 27.9. The lowest BCUT2D eigenvalue weighted by molar-refractivity contribution is -0.151. The van der Waals surface area contributed by atoms with Crippen molar-refractivity contribution >= 4 is 11.9 Å². The molecule has 5 nitrogen and oxygen atoms in total. The number of nitrogens with one attached hydrogen (secondary N) is 1. The molecule has 114 valence electrons. The van der Waals surface area contributed by atoms with Gasteiger partial charge in [-0.2, -0.15) is 0 Å². The van der Waals surface area contributed by atoms with Gasteiger partial charge in [0.25, 0.3) is 0 Å². The zero-order valence-corrected chi connectivity index (χ0v) is 12.4. The smallest absolute Gasteiger partial charge is 0.324 e. The molecule has 1 heterocycles. The molecular weight excluding hydrogens is 256 g/mol. The summed E-state index contributed by atoms with van der Waals surface area (Å²) in [6.45, 7) is 2.94. The van der Waals surface area contributed by atoms with Gasteiger partial charge in [-0.15, -0.1) is 0 Å². The molecule has 5 heteroatoms. The summed E-state index contributed by atoms with van der Waals surface area (Å²) in [5.41, 5.74) is -0.818. The molecule has 1 unspecified atom stereocenters. The number of carbonyl (C=O) groups is 2. The molecule has 1 saturated heterocycles. The van der Waals surface area contributed by atoms with Crippen LogP contribution in [0.5, 0.6) is 0 Å². The number of likely N-dealkylation sites (tertiary alicyclic amines) is 1. The zero-order valence-electron chi connectivity index (χ0n) is 12.4. The van der Waals surface area contributed by atoms with Crippen molar-refractivity contribution < 1.29 is 14.7 Å². The molecule has 2 rings (SSSR count). The minimum absolute atomic E-state index is 0.0134. The van der Waals surface area contributed by atoms with Crippen molar-refractivity contribution in [2.45, 2.75) is 69.9 Å². The van der Waals surface area contributed by atoms with Gasteiger partial charge in [0, 0.05) is 6.04 Å². The second kappa shape index (κ2) is 6.57. The highest BCUT2D eigenvalue weighted by molar-refractivity contribution is 5.82. The Kier molecular flexibility index (Phi) is 5.02. The predicted molar refractivity (Wildman–Crippen MR) is 76.5 cm³/mol. The van der Waals surface area contributed by atoms with Crippen molar-refractivity contribution in [1.29, 1.82) is 0 Å². The number of hydrogen-bond donors (Lipinski definition) is 2. The van der Waals surface area contributed by atoms with Crippen LogP contribution in [0.15, 0.2) is 0 Å². The van der Waals surface area contributed by atoms with Crippen molar-refractivity contribution in [3.8, 4) is 0 Å². The standard InChI is InChI=1S/C15H26N2O3/c1-2-8-15(14(19)20)9-5-10-17(15)11-13(18)16-12-6-3-4-7-12/h12H,2-11H2,1H3,(H,16,18)(H,19,20). The first-order valence-electron chi connectivity index (χ1n) is 7.86. The minimum Gasteiger partial charge on any atom is -0.480 e. The first kappa shape index (κ1) is 15.3. The van der Waals surface area contributed by atoms with E-state index < -0.39 is 11.5 Å². The highest BCUT2D eigenvalue weighted by atomic mass is 16.4. The third-order valence-electron chi connectivity index (χ3n) is 4.74. The Balaban J connectivity index is 1.95. The van der Waals surface area contributed by atoms with Gasteiger partial charge in [0.1, 0.15) is 5.54 Å². The molecule has 20 heavy (non-hydrogen) atoms. The second-order valence-electron chi connectivity index (χ2n) is 6.16. The Morgan fingerprint density at radius 2 is 2.00 bits per heavy atom. The predicted octanol–water partition coefficient (Wildman–Crippen LogP) is 1.76. The molecule has 0 spiro atoms. The van der Waals surface area contributed by atoms with Crippen LogP contribution in [-0.4, -0.2) is 46.6 Å². The average molecular weight is 282 g/mol. The molecule has 0 aromatic carbocycles. The molecule has 1 aliphatic carbocycles. The molecule has 0 aromatic heterocycles. The number of nitrogens with zero attached hydrogens (tertiary/aromatic N) is 1. The van der Waals surface area contributed by atoms with E-state index in [2.05, 4.69) is 5.32 Å². The van der Waals surface area contributed by atoms with Gasteiger partial charge >= 0.3 is 5.97 Å². The Hall–Kier alpha value is -1.10. The third kappa shape index (κ3) is 3.14. The molecule has 1 saturated carbocycles. The molecule has 2 aliphatic rings. The maximum atomic E-state index is 12.1. The van der Waals surface area contributed by atoms with E-state index in [1.54, 1.807) is 0 Å². The summed E-state index contributed by atoms with van der Waals surface area (Å²) >= 11 is 0. The summed E-state index contributed by atoms with van der Waals surface area (Å²) in [7, 11) is 0. The lowest BCUT2D eigenvalue weighted by Crippen LogP contribution is -2.54. The Labute approximate surface area is 120 Å². The average Bonchev–Trinajstić information content (AvgIpc) is 3.01. The Morgan fingerprint density at radius 3 is 2.60 bits per heavy atom. The van der Waals surface area contributed by atoms with E-state index in [1.807, 2.05) is 11.8 Å². The largest absolute Gasteiger partial charge is 0.480 e. The quantitative estimate of drug-likeness (QED) is 0.779. The fourth-order valence-electron chi connectivity index (χ4n) is 3.73. The van der Waals surface area contributed by atoms with E-state index >= 15 is 0 Å². The number of rotatable bonds is 6. The lowest BCUT2D eigenvalue weighted by Gasteiger charge is -2.34. The number of amides is 1. The number of hydrogen-bond acceptors (Lipinski definition) is 3. The summed E-state index contributed by atoms with van der Waals surface area (Å²) in [5, 5.41) is 12.6.